The normalized spacial score (nSPS) is 12.5. The molecule has 1 fully saturated rings. The second-order valence-electron chi connectivity index (χ2n) is 33.0. The van der Waals surface area contributed by atoms with Crippen LogP contribution < -0.4 is 51.4 Å². The number of halogens is 7. The van der Waals surface area contributed by atoms with Gasteiger partial charge >= 0.3 is 57.2 Å². The van der Waals surface area contributed by atoms with E-state index >= 15 is 4.39 Å². The molecule has 43 heteroatoms. The van der Waals surface area contributed by atoms with Crippen molar-refractivity contribution in [1.82, 2.24) is 44.4 Å². The molecule has 0 amide bonds. The maximum atomic E-state index is 15.2. The molecule has 1 aliphatic carbocycles. The summed E-state index contributed by atoms with van der Waals surface area (Å²) in [6, 6.07) is 29.3. The van der Waals surface area contributed by atoms with E-state index in [9.17, 15) is 92.4 Å². The van der Waals surface area contributed by atoms with Crippen LogP contribution in [0.1, 0.15) is 124 Å². The predicted octanol–water partition coefficient (Wildman–Crippen LogP) is 12.2. The highest BCUT2D eigenvalue weighted by Gasteiger charge is 2.37. The molecule has 0 aliphatic heterocycles. The number of nitrogens with zero attached hydrogens (tertiary/aromatic N) is 10. The molecule has 6 aromatic heterocycles. The van der Waals surface area contributed by atoms with Gasteiger partial charge in [-0.25, -0.2) is 22.1 Å². The second-order valence-corrected chi connectivity index (χ2v) is 42.3. The molecule has 6 heterocycles. The molecule has 724 valence electrons. The lowest BCUT2D eigenvalue weighted by atomic mass is 9.94. The van der Waals surface area contributed by atoms with Crippen LogP contribution >= 0.6 is 0 Å². The molecule has 134 heavy (non-hydrogen) atoms. The lowest BCUT2D eigenvalue weighted by molar-refractivity contribution is -0.138. The van der Waals surface area contributed by atoms with Crippen LogP contribution in [0.5, 0.6) is 0 Å². The van der Waals surface area contributed by atoms with Gasteiger partial charge in [0.05, 0.1) is 40.3 Å². The summed E-state index contributed by atoms with van der Waals surface area (Å²) in [5.74, 6) is -2.69. The minimum absolute atomic E-state index is 0.00407. The average Bonchev–Trinajstić information content (AvgIpc) is 1.42. The number of nitrogens with one attached hydrogen (secondary N) is 5. The molecule has 0 bridgehead atoms. The van der Waals surface area contributed by atoms with Crippen LogP contribution in [0, 0.1) is 78.7 Å². The number of aromatic nitrogens is 5. The van der Waals surface area contributed by atoms with E-state index in [0.29, 0.717) is 33.4 Å². The van der Waals surface area contributed by atoms with Crippen LogP contribution in [0.15, 0.2) is 181 Å². The van der Waals surface area contributed by atoms with Gasteiger partial charge in [0.15, 0.2) is 11.6 Å². The van der Waals surface area contributed by atoms with Crippen molar-refractivity contribution in [2.24, 2.45) is 28.2 Å². The first kappa shape index (κ1) is 107. The van der Waals surface area contributed by atoms with Gasteiger partial charge in [-0.15, -0.1) is 0 Å². The van der Waals surface area contributed by atoms with Crippen LogP contribution in [0.25, 0.3) is 12.0 Å². The molecule has 31 nitrogen and oxygen atoms in total. The van der Waals surface area contributed by atoms with Crippen LogP contribution in [-0.2, 0) is 118 Å². The molecule has 0 atom stereocenters. The fraction of sp³-hybridized carbons (Fsp3) is 0.330. The lowest BCUT2D eigenvalue weighted by Gasteiger charge is -2.20. The first-order valence-electron chi connectivity index (χ1n) is 41.1. The Morgan fingerprint density at radius 1 is 0.403 bits per heavy atom. The van der Waals surface area contributed by atoms with Gasteiger partial charge < -0.3 is 22.7 Å². The van der Waals surface area contributed by atoms with E-state index in [1.165, 1.54) is 171 Å². The first-order valence-corrected chi connectivity index (χ1v) is 48.3. The maximum absolute atomic E-state index is 15.2. The molecule has 1 aliphatic rings. The van der Waals surface area contributed by atoms with E-state index in [0.717, 1.165) is 94.3 Å². The quantitative estimate of drug-likeness (QED) is 0.0284. The summed E-state index contributed by atoms with van der Waals surface area (Å²) < 4.78 is 250. The third-order valence-corrected chi connectivity index (χ3v) is 28.9. The summed E-state index contributed by atoms with van der Waals surface area (Å²) in [5.41, 5.74) is 6.68. The second kappa shape index (κ2) is 43.5. The van der Waals surface area contributed by atoms with Gasteiger partial charge in [0.1, 0.15) is 11.6 Å². The maximum Gasteiger partial charge on any atom is 0.416 e. The molecule has 5 aromatic carbocycles. The van der Waals surface area contributed by atoms with E-state index < -0.39 is 91.1 Å². The van der Waals surface area contributed by atoms with Crippen LogP contribution in [-0.4, -0.2) is 156 Å². The number of hydrogen-bond acceptors (Lipinski definition) is 16. The summed E-state index contributed by atoms with van der Waals surface area (Å²) in [7, 11) is -0.953. The number of alkyl halides is 3. The molecule has 5 N–H and O–H groups in total. The van der Waals surface area contributed by atoms with Gasteiger partial charge in [0, 0.05) is 195 Å². The molecule has 0 saturated heterocycles. The van der Waals surface area contributed by atoms with Crippen molar-refractivity contribution >= 4 is 85.6 Å². The molecule has 1 saturated carbocycles. The highest BCUT2D eigenvalue weighted by molar-refractivity contribution is 7.91. The van der Waals surface area contributed by atoms with Crippen molar-refractivity contribution in [2.45, 2.75) is 113 Å². The fourth-order valence-corrected chi connectivity index (χ4v) is 17.2. The van der Waals surface area contributed by atoms with Gasteiger partial charge in [-0.3, -0.25) is 47.6 Å². The first-order chi connectivity index (χ1) is 62.1. The van der Waals surface area contributed by atoms with Crippen molar-refractivity contribution in [2.75, 3.05) is 87.0 Å². The van der Waals surface area contributed by atoms with E-state index in [1.54, 1.807) is 72.1 Å². The topological polar surface area (TPSA) is 370 Å². The molecular formula is C91H110F7N15O16S5. The average molecular weight is 1960 g/mol. The third kappa shape index (κ3) is 27.2. The van der Waals surface area contributed by atoms with Gasteiger partial charge in [-0.05, 0) is 159 Å². The van der Waals surface area contributed by atoms with Crippen LogP contribution in [0.2, 0.25) is 0 Å². The Morgan fingerprint density at radius 2 is 0.761 bits per heavy atom. The molecule has 0 radical (unpaired) electrons. The number of anilines is 5. The van der Waals surface area contributed by atoms with E-state index in [-0.39, 0.29) is 123 Å². The Bertz CT molecular complexity index is 7040. The number of aryl methyl sites for hydroxylation is 11. The van der Waals surface area contributed by atoms with Gasteiger partial charge in [-0.2, -0.15) is 76.8 Å². The third-order valence-electron chi connectivity index (χ3n) is 21.6. The van der Waals surface area contributed by atoms with E-state index in [1.807, 2.05) is 64.1 Å². The highest BCUT2D eigenvalue weighted by atomic mass is 32.2. The van der Waals surface area contributed by atoms with Crippen molar-refractivity contribution in [3.8, 4) is 5.88 Å². The summed E-state index contributed by atoms with van der Waals surface area (Å²) >= 11 is 0. The summed E-state index contributed by atoms with van der Waals surface area (Å²) in [6.45, 7) is 18.0. The number of hydrogen-bond donors (Lipinski definition) is 5. The Balaban J connectivity index is 0.000000206. The highest BCUT2D eigenvalue weighted by Crippen LogP contribution is 2.37. The zero-order valence-corrected chi connectivity index (χ0v) is 81.9. The van der Waals surface area contributed by atoms with Crippen molar-refractivity contribution < 1.29 is 77.2 Å². The molecule has 0 unspecified atom stereocenters. The Hall–Kier alpha value is -12.1. The number of rotatable bonds is 28. The minimum Gasteiger partial charge on any atom is -0.448 e. The zero-order chi connectivity index (χ0) is 100. The van der Waals surface area contributed by atoms with Crippen molar-refractivity contribution in [3.63, 3.8) is 0 Å². The monoisotopic (exact) mass is 1960 g/mol. The molecule has 0 spiro atoms. The largest absolute Gasteiger partial charge is 0.448 e. The van der Waals surface area contributed by atoms with Gasteiger partial charge in [0.25, 0.3) is 27.8 Å². The van der Waals surface area contributed by atoms with Gasteiger partial charge in [0.2, 0.25) is 5.88 Å². The SMILES string of the molecule is C=Cc1c(Cc2ccc(C)cc2C(F)(F)F)c(NS(=O)(=O)N(C)C)cn(C)c1=O.Cc1ccc(Cc2c(NS(=O)(=O)N(C)C)cn(-c3ccco3)c(=O)c2F)c(C)c1.Cc1ccc(Cc2c(NS(=O)(=O)N(C)C)cn(C)c(=O)c2C)c(F)c1.Cc1ccc(Cc2c(NS(=O)(=O)N(C)C)cn(C)c(=O)c2F)c(C)c1.Cc1ccc(Cc2cc(=O)n(C)cc2NS(=O)(=O)N(C)C2CC2)c(F)c1. The summed E-state index contributed by atoms with van der Waals surface area (Å²) in [4.78, 5) is 61.3. The minimum atomic E-state index is -4.60. The Kier molecular flexibility index (Phi) is 34.8. The van der Waals surface area contributed by atoms with Crippen molar-refractivity contribution in [3.05, 3.63) is 339 Å². The molecular weight excluding hydrogens is 1850 g/mol. The van der Waals surface area contributed by atoms with E-state index in [4.69, 9.17) is 4.42 Å². The smallest absolute Gasteiger partial charge is 0.416 e. The predicted molar refractivity (Wildman–Crippen MR) is 508 cm³/mol. The van der Waals surface area contributed by atoms with E-state index in [2.05, 4.69) is 30.2 Å². The number of pyridine rings is 5. The number of benzene rings is 5. The Labute approximate surface area is 775 Å². The van der Waals surface area contributed by atoms with Crippen molar-refractivity contribution in [1.29, 1.82) is 0 Å². The number of furan rings is 1. The Morgan fingerprint density at radius 3 is 1.17 bits per heavy atom. The lowest BCUT2D eigenvalue weighted by Crippen LogP contribution is -2.35. The van der Waals surface area contributed by atoms with Crippen LogP contribution in [0.3, 0.4) is 0 Å². The molecule has 12 rings (SSSR count). The summed E-state index contributed by atoms with van der Waals surface area (Å²) in [5, 5.41) is 0. The van der Waals surface area contributed by atoms with Gasteiger partial charge in [-0.1, -0.05) is 102 Å². The fourth-order valence-electron chi connectivity index (χ4n) is 13.4. The standard InChI is InChI=1S/C20H22FN3O4S.C19H22F3N3O3S.C18H22FN3O3S.2C17H22FN3O3S/c1-13-7-8-15(14(2)10-13)11-16-17(22-29(26,27)23(3)4)12-24(20(25)19(16)21)18-6-5-9-28-18;1-6-14-15(10-13-8-7-12(2)9-16(13)19(20,21)22)17(11-25(5)18(14)26)23-29(27,28)24(3)4;1-12-4-5-13(16(19)8-12)9-14-10-18(23)21(2)11-17(14)20-26(24,25)22(3)15-6-7-15;1-11-6-7-13(15(18)8-11)9-14-12(2)17(22)21(5)10-16(14)19-25(23,24)20(3)4;1-11-6-7-13(12(2)8-11)9-14-15(19-25(23,24)20(3)4)10-21(5)17(22)16(14)18/h5-10,12,22H,11H2,1-4H3;6-9,11,23H,1,10H2,2-5H3;4-5,8,10-11,15,20H,6-7,9H2,1-3H3;2*6-8,10,19H,9H2,1-5H3. The zero-order valence-electron chi connectivity index (χ0n) is 77.9. The van der Waals surface area contributed by atoms with Crippen LogP contribution in [0.4, 0.5) is 59.2 Å². The summed E-state index contributed by atoms with van der Waals surface area (Å²) in [6.07, 6.45) is 6.35. The molecule has 11 aromatic rings.